The van der Waals surface area contributed by atoms with Crippen molar-refractivity contribution in [3.05, 3.63) is 30.1 Å². The third-order valence-electron chi connectivity index (χ3n) is 4.25. The van der Waals surface area contributed by atoms with Crippen LogP contribution in [0.3, 0.4) is 0 Å². The number of hydrogen-bond donors (Lipinski definition) is 1. The molecular formula is C16H24N4. The van der Waals surface area contributed by atoms with Crippen LogP contribution in [0.5, 0.6) is 0 Å². The van der Waals surface area contributed by atoms with Crippen molar-refractivity contribution < 1.29 is 0 Å². The lowest BCUT2D eigenvalue weighted by Crippen LogP contribution is -2.47. The molecule has 0 aliphatic carbocycles. The first-order chi connectivity index (χ1) is 9.65. The van der Waals surface area contributed by atoms with Gasteiger partial charge >= 0.3 is 0 Å². The summed E-state index contributed by atoms with van der Waals surface area (Å²) in [6.45, 7) is 9.10. The Balaban J connectivity index is 1.90. The van der Waals surface area contributed by atoms with E-state index in [0.717, 1.165) is 43.0 Å². The van der Waals surface area contributed by atoms with Gasteiger partial charge in [0.05, 0.1) is 17.1 Å². The summed E-state index contributed by atoms with van der Waals surface area (Å²) in [6.07, 6.45) is 0. The summed E-state index contributed by atoms with van der Waals surface area (Å²) in [7, 11) is 2.20. The van der Waals surface area contributed by atoms with Gasteiger partial charge in [-0.15, -0.1) is 0 Å². The van der Waals surface area contributed by atoms with Crippen molar-refractivity contribution in [3.8, 4) is 0 Å². The molecule has 1 N–H and O–H groups in total. The molecule has 0 spiro atoms. The zero-order valence-corrected chi connectivity index (χ0v) is 12.6. The highest BCUT2D eigenvalue weighted by Crippen LogP contribution is 2.28. The number of para-hydroxylation sites is 2. The zero-order chi connectivity index (χ0) is 14.1. The van der Waals surface area contributed by atoms with Gasteiger partial charge in [-0.2, -0.15) is 0 Å². The summed E-state index contributed by atoms with van der Waals surface area (Å²) in [5.74, 6) is 1.67. The maximum Gasteiger partial charge on any atom is 0.124 e. The highest BCUT2D eigenvalue weighted by Gasteiger charge is 2.28. The van der Waals surface area contributed by atoms with Crippen molar-refractivity contribution in [1.82, 2.24) is 19.8 Å². The molecule has 1 atom stereocenters. The molecule has 108 valence electrons. The van der Waals surface area contributed by atoms with E-state index in [1.165, 1.54) is 0 Å². The first-order valence-corrected chi connectivity index (χ1v) is 7.52. The van der Waals surface area contributed by atoms with Crippen molar-refractivity contribution in [2.45, 2.75) is 19.9 Å². The minimum absolute atomic E-state index is 0.385. The van der Waals surface area contributed by atoms with E-state index in [0.29, 0.717) is 12.0 Å². The molecule has 1 saturated heterocycles. The van der Waals surface area contributed by atoms with E-state index in [1.807, 2.05) is 6.07 Å². The number of rotatable bonds is 3. The Morgan fingerprint density at radius 3 is 2.45 bits per heavy atom. The molecule has 0 amide bonds. The van der Waals surface area contributed by atoms with Gasteiger partial charge in [-0.25, -0.2) is 4.98 Å². The maximum absolute atomic E-state index is 4.82. The van der Waals surface area contributed by atoms with E-state index in [4.69, 9.17) is 4.98 Å². The number of aromatic nitrogens is 2. The molecule has 1 aromatic heterocycles. The molecule has 0 saturated carbocycles. The average Bonchev–Trinajstić information content (AvgIpc) is 2.84. The number of H-pyrrole nitrogens is 1. The normalized spacial score (nSPS) is 19.8. The van der Waals surface area contributed by atoms with Gasteiger partial charge in [0.25, 0.3) is 0 Å². The van der Waals surface area contributed by atoms with Gasteiger partial charge in [-0.3, -0.25) is 4.90 Å². The summed E-state index contributed by atoms with van der Waals surface area (Å²) in [6, 6.07) is 8.68. The van der Waals surface area contributed by atoms with Crippen LogP contribution in [-0.4, -0.2) is 53.0 Å². The summed E-state index contributed by atoms with van der Waals surface area (Å²) >= 11 is 0. The minimum Gasteiger partial charge on any atom is -0.341 e. The quantitative estimate of drug-likeness (QED) is 0.932. The average molecular weight is 272 g/mol. The van der Waals surface area contributed by atoms with Crippen molar-refractivity contribution in [2.75, 3.05) is 33.2 Å². The Morgan fingerprint density at radius 1 is 1.10 bits per heavy atom. The van der Waals surface area contributed by atoms with Gasteiger partial charge < -0.3 is 9.88 Å². The van der Waals surface area contributed by atoms with Gasteiger partial charge in [-0.05, 0) is 25.1 Å². The van der Waals surface area contributed by atoms with Crippen molar-refractivity contribution >= 4 is 11.0 Å². The number of likely N-dealkylation sites (N-methyl/N-ethyl adjacent to an activating group) is 1. The molecule has 4 heteroatoms. The van der Waals surface area contributed by atoms with Gasteiger partial charge in [0.15, 0.2) is 0 Å². The summed E-state index contributed by atoms with van der Waals surface area (Å²) in [4.78, 5) is 13.3. The van der Waals surface area contributed by atoms with Crippen molar-refractivity contribution in [3.63, 3.8) is 0 Å². The maximum atomic E-state index is 4.82. The second kappa shape index (κ2) is 5.54. The first-order valence-electron chi connectivity index (χ1n) is 7.52. The highest BCUT2D eigenvalue weighted by molar-refractivity contribution is 5.74. The highest BCUT2D eigenvalue weighted by atomic mass is 15.3. The molecule has 2 heterocycles. The number of nitrogens with one attached hydrogen (secondary N) is 1. The topological polar surface area (TPSA) is 35.2 Å². The summed E-state index contributed by atoms with van der Waals surface area (Å²) < 4.78 is 0. The molecule has 3 rings (SSSR count). The van der Waals surface area contributed by atoms with Crippen LogP contribution in [0.4, 0.5) is 0 Å². The van der Waals surface area contributed by atoms with Crippen LogP contribution < -0.4 is 0 Å². The van der Waals surface area contributed by atoms with E-state index in [-0.39, 0.29) is 0 Å². The summed E-state index contributed by atoms with van der Waals surface area (Å²) in [5, 5.41) is 0. The van der Waals surface area contributed by atoms with E-state index in [2.05, 4.69) is 53.9 Å². The lowest BCUT2D eigenvalue weighted by atomic mass is 10.0. The van der Waals surface area contributed by atoms with E-state index in [9.17, 15) is 0 Å². The lowest BCUT2D eigenvalue weighted by Gasteiger charge is -2.38. The van der Waals surface area contributed by atoms with Crippen LogP contribution in [0.25, 0.3) is 11.0 Å². The van der Waals surface area contributed by atoms with E-state index >= 15 is 0 Å². The zero-order valence-electron chi connectivity index (χ0n) is 12.6. The fraction of sp³-hybridized carbons (Fsp3) is 0.562. The van der Waals surface area contributed by atoms with Crippen LogP contribution >= 0.6 is 0 Å². The monoisotopic (exact) mass is 272 g/mol. The van der Waals surface area contributed by atoms with Crippen molar-refractivity contribution in [1.29, 1.82) is 0 Å². The van der Waals surface area contributed by atoms with Crippen LogP contribution in [-0.2, 0) is 0 Å². The van der Waals surface area contributed by atoms with Crippen LogP contribution in [0.1, 0.15) is 25.7 Å². The molecule has 4 nitrogen and oxygen atoms in total. The molecule has 1 aromatic carbocycles. The second-order valence-corrected chi connectivity index (χ2v) is 6.17. The van der Waals surface area contributed by atoms with Gasteiger partial charge in [-0.1, -0.05) is 26.0 Å². The molecule has 2 aromatic rings. The standard InChI is InChI=1S/C16H24N4/c1-12(2)15(20-10-8-19(3)9-11-20)16-17-13-6-4-5-7-14(13)18-16/h4-7,12,15H,8-11H2,1-3H3,(H,17,18). The van der Waals surface area contributed by atoms with Crippen LogP contribution in [0.15, 0.2) is 24.3 Å². The third kappa shape index (κ3) is 2.58. The van der Waals surface area contributed by atoms with E-state index < -0.39 is 0 Å². The van der Waals surface area contributed by atoms with Gasteiger partial charge in [0, 0.05) is 26.2 Å². The largest absolute Gasteiger partial charge is 0.341 e. The van der Waals surface area contributed by atoms with Crippen LogP contribution in [0.2, 0.25) is 0 Å². The molecular weight excluding hydrogens is 248 g/mol. The molecule has 1 aliphatic heterocycles. The van der Waals surface area contributed by atoms with Crippen LogP contribution in [0, 0.1) is 5.92 Å². The third-order valence-corrected chi connectivity index (χ3v) is 4.25. The fourth-order valence-electron chi connectivity index (χ4n) is 3.12. The second-order valence-electron chi connectivity index (χ2n) is 6.17. The summed E-state index contributed by atoms with van der Waals surface area (Å²) in [5.41, 5.74) is 2.21. The molecule has 20 heavy (non-hydrogen) atoms. The van der Waals surface area contributed by atoms with E-state index in [1.54, 1.807) is 0 Å². The Labute approximate surface area is 120 Å². The predicted molar refractivity (Wildman–Crippen MR) is 82.7 cm³/mol. The Bertz CT molecular complexity index is 534. The number of benzene rings is 1. The lowest BCUT2D eigenvalue weighted by molar-refractivity contribution is 0.0843. The number of hydrogen-bond acceptors (Lipinski definition) is 3. The number of nitrogens with zero attached hydrogens (tertiary/aromatic N) is 3. The molecule has 0 radical (unpaired) electrons. The number of fused-ring (bicyclic) bond motifs is 1. The Morgan fingerprint density at radius 2 is 1.80 bits per heavy atom. The van der Waals surface area contributed by atoms with Gasteiger partial charge in [0.1, 0.15) is 5.82 Å². The fourth-order valence-corrected chi connectivity index (χ4v) is 3.12. The Hall–Kier alpha value is -1.39. The molecule has 1 aliphatic rings. The molecule has 0 bridgehead atoms. The predicted octanol–water partition coefficient (Wildman–Crippen LogP) is 2.51. The number of imidazole rings is 1. The van der Waals surface area contributed by atoms with Crippen molar-refractivity contribution in [2.24, 2.45) is 5.92 Å². The first kappa shape index (κ1) is 13.6. The molecule has 1 fully saturated rings. The minimum atomic E-state index is 0.385. The SMILES string of the molecule is CC(C)C(c1nc2ccccc2[nH]1)N1CCN(C)CC1. The number of piperazine rings is 1. The Kier molecular flexibility index (Phi) is 3.76. The van der Waals surface area contributed by atoms with Gasteiger partial charge in [0.2, 0.25) is 0 Å². The smallest absolute Gasteiger partial charge is 0.124 e. The molecule has 1 unspecified atom stereocenters. The number of aromatic amines is 1.